The Kier molecular flexibility index (Phi) is 45.8. The first-order chi connectivity index (χ1) is 45.6. The summed E-state index contributed by atoms with van der Waals surface area (Å²) >= 11 is 9.99. The molecule has 0 radical (unpaired) electrons. The fourth-order valence-electron chi connectivity index (χ4n) is 8.02. The number of aliphatic hydroxyl groups excluding tert-OH is 6. The molecule has 2 rings (SSSR count). The van der Waals surface area contributed by atoms with Crippen molar-refractivity contribution in [2.24, 2.45) is 21.1 Å². The summed E-state index contributed by atoms with van der Waals surface area (Å²) < 4.78 is 21.6. The van der Waals surface area contributed by atoms with Crippen LogP contribution in [0.5, 0.6) is 0 Å². The monoisotopic (exact) mass is 1480 g/mol. The van der Waals surface area contributed by atoms with E-state index < -0.39 is 143 Å². The van der Waals surface area contributed by atoms with E-state index in [1.165, 1.54) is 53.3 Å². The topological polar surface area (TPSA) is 561 Å². The van der Waals surface area contributed by atoms with Crippen molar-refractivity contribution >= 4 is 115 Å². The average molecular weight is 1480 g/mol. The minimum absolute atomic E-state index is 0.00187. The average Bonchev–Trinajstić information content (AvgIpc) is 0.781. The summed E-state index contributed by atoms with van der Waals surface area (Å²) in [6.45, 7) is 17.9. The third-order valence-electron chi connectivity index (χ3n) is 14.3. The van der Waals surface area contributed by atoms with Gasteiger partial charge in [-0.25, -0.2) is 0 Å². The van der Waals surface area contributed by atoms with Crippen LogP contribution in [0.1, 0.15) is 133 Å². The Labute approximate surface area is 592 Å². The van der Waals surface area contributed by atoms with Gasteiger partial charge in [-0.3, -0.25) is 43.2 Å². The minimum atomic E-state index is -1.49. The van der Waals surface area contributed by atoms with Crippen LogP contribution < -0.4 is 21.3 Å². The highest BCUT2D eigenvalue weighted by atomic mass is 32.2. The van der Waals surface area contributed by atoms with E-state index in [2.05, 4.69) is 57.1 Å². The van der Waals surface area contributed by atoms with Crippen molar-refractivity contribution in [3.8, 4) is 24.3 Å². The van der Waals surface area contributed by atoms with Gasteiger partial charge in [-0.1, -0.05) is 67.9 Å². The van der Waals surface area contributed by atoms with E-state index in [0.29, 0.717) is 17.7 Å². The second-order valence-electron chi connectivity index (χ2n) is 23.2. The summed E-state index contributed by atoms with van der Waals surface area (Å²) in [7, 11) is 0. The van der Waals surface area contributed by atoms with E-state index in [1.54, 1.807) is 25.6 Å². The molecule has 2 saturated heterocycles. The number of rotatable bonds is 36. The number of aliphatic hydroxyl groups is 6. The molecule has 0 bridgehead atoms. The number of hydrogen-bond donors (Lipinski definition) is 14. The highest BCUT2D eigenvalue weighted by molar-refractivity contribution is 8.47. The van der Waals surface area contributed by atoms with E-state index in [1.807, 2.05) is 19.1 Å². The number of hydrogen-bond acceptors (Lipinski definition) is 30. The second-order valence-corrected chi connectivity index (χ2v) is 29.2. The molecule has 0 aromatic rings. The molecule has 15 atom stereocenters. The van der Waals surface area contributed by atoms with E-state index >= 15 is 0 Å². The highest BCUT2D eigenvalue weighted by Crippen LogP contribution is 2.46. The van der Waals surface area contributed by atoms with Gasteiger partial charge in [-0.2, -0.15) is 31.3 Å². The number of nitrogens with one attached hydrogen (secondary N) is 4. The third kappa shape index (κ3) is 35.7. The normalized spacial score (nSPS) is 23.1. The number of carbonyl (C=O) groups is 9. The quantitative estimate of drug-likeness (QED) is 0.0185. The van der Waals surface area contributed by atoms with Gasteiger partial charge in [-0.15, -0.1) is 11.8 Å². The zero-order valence-corrected chi connectivity index (χ0v) is 60.5. The van der Waals surface area contributed by atoms with Gasteiger partial charge in [0, 0.05) is 69.7 Å². The lowest BCUT2D eigenvalue weighted by molar-refractivity contribution is -0.269. The number of carboxylic acid groups (broad SMARTS) is 4. The van der Waals surface area contributed by atoms with Gasteiger partial charge in [0.2, 0.25) is 28.1 Å². The summed E-state index contributed by atoms with van der Waals surface area (Å²) in [5, 5.41) is 149. The molecule has 0 aromatic carbocycles. The van der Waals surface area contributed by atoms with Crippen molar-refractivity contribution < 1.29 is 113 Å². The van der Waals surface area contributed by atoms with Gasteiger partial charge in [0.1, 0.15) is 57.0 Å². The molecular formula is C60H94N10O23S5. The Bertz CT molecular complexity index is 2820. The number of azo groups is 1. The van der Waals surface area contributed by atoms with Crippen molar-refractivity contribution in [3.05, 3.63) is 12.2 Å². The fraction of sp³-hybridized carbons (Fsp3) is 0.733. The van der Waals surface area contributed by atoms with Crippen LogP contribution in [0.15, 0.2) is 22.4 Å². The summed E-state index contributed by atoms with van der Waals surface area (Å²) in [6.07, 6.45) is -9.13. The van der Waals surface area contributed by atoms with E-state index in [0.717, 1.165) is 45.6 Å². The molecule has 552 valence electrons. The number of thiocarbonyl (C=S) groups is 1. The lowest BCUT2D eigenvalue weighted by Gasteiger charge is -2.42. The van der Waals surface area contributed by atoms with Crippen LogP contribution >= 0.6 is 59.3 Å². The van der Waals surface area contributed by atoms with Crippen LogP contribution in [0.25, 0.3) is 0 Å². The number of carboxylic acids is 4. The summed E-state index contributed by atoms with van der Waals surface area (Å²) in [6, 6.07) is 5.77. The van der Waals surface area contributed by atoms with Gasteiger partial charge in [0.05, 0.1) is 61.5 Å². The van der Waals surface area contributed by atoms with Crippen molar-refractivity contribution in [2.75, 3.05) is 56.8 Å². The molecule has 0 saturated carbocycles. The zero-order chi connectivity index (χ0) is 75.8. The predicted octanol–water partition coefficient (Wildman–Crippen LogP) is 3.13. The number of amides is 4. The zero-order valence-electron chi connectivity index (χ0n) is 56.4. The van der Waals surface area contributed by atoms with Crippen LogP contribution in [0.2, 0.25) is 0 Å². The van der Waals surface area contributed by atoms with Crippen molar-refractivity contribution in [3.63, 3.8) is 0 Å². The van der Waals surface area contributed by atoms with Crippen molar-refractivity contribution in [2.45, 2.75) is 211 Å². The second kappa shape index (κ2) is 47.8. The number of nitrogens with zero attached hydrogens (tertiary/aromatic N) is 6. The molecule has 2 fully saturated rings. The molecule has 2 aliphatic heterocycles. The van der Waals surface area contributed by atoms with Gasteiger partial charge < -0.3 is 91.3 Å². The van der Waals surface area contributed by atoms with Gasteiger partial charge >= 0.3 is 23.9 Å². The standard InChI is InChI=1S/C24H39N3O10S2.C14H24N2O7.C12H16N4O4.C10H15NO2S3/c1-5-10-38-22(35)39-13-24(4,23(3,12-25)7-6-16(30)31)21(34)26-8-9-36-20-17(27-14(2)29)19(33)18(32)15(11-28)37-20;1-7(2)13(21)15-4-5-22-14-10(16-8(3)18)12(20)11(19)9(6-17)23-14;1-11(7-13,5-3-9(17)18)15-16-12(2,8-14)6-4-10(19)20;1-3-6-15-9(14)16-10(2,7-11)5-4-8(12)13/h15,17-20,28,32-33H,5-11,13H2,1-4H3,(H,26,34)(H,27,29)(H,30,31);9-12,14,17,19-20H,1,4-6H2,2-3H3,(H,15,21)(H,16,18);3-6H2,1-2H3,(H,17,18)(H,19,20);3-6H2,1-2H3,(H,12,13). The van der Waals surface area contributed by atoms with E-state index in [-0.39, 0.29) is 87.4 Å². The Morgan fingerprint density at radius 1 is 0.582 bits per heavy atom. The first-order valence-electron chi connectivity index (χ1n) is 30.5. The highest BCUT2D eigenvalue weighted by Gasteiger charge is 2.52. The molecule has 0 aliphatic carbocycles. The maximum absolute atomic E-state index is 13.4. The summed E-state index contributed by atoms with van der Waals surface area (Å²) in [5.74, 6) is -4.50. The Morgan fingerprint density at radius 3 is 1.34 bits per heavy atom. The molecule has 98 heavy (non-hydrogen) atoms. The van der Waals surface area contributed by atoms with Crippen LogP contribution in [0.4, 0.5) is 4.79 Å². The van der Waals surface area contributed by atoms with Crippen molar-refractivity contribution in [1.82, 2.24) is 21.3 Å². The Balaban J connectivity index is 0. The van der Waals surface area contributed by atoms with Gasteiger partial charge in [0.15, 0.2) is 23.7 Å². The van der Waals surface area contributed by atoms with Crippen LogP contribution in [0, 0.1) is 56.2 Å². The molecule has 0 spiro atoms. The van der Waals surface area contributed by atoms with Gasteiger partial charge in [-0.05, 0) is 85.8 Å². The van der Waals surface area contributed by atoms with Crippen LogP contribution in [0.3, 0.4) is 0 Å². The van der Waals surface area contributed by atoms with Gasteiger partial charge in [0.25, 0.3) is 0 Å². The smallest absolute Gasteiger partial charge is 0.303 e. The predicted molar refractivity (Wildman–Crippen MR) is 363 cm³/mol. The van der Waals surface area contributed by atoms with E-state index in [9.17, 15) is 73.9 Å². The summed E-state index contributed by atoms with van der Waals surface area (Å²) in [4.78, 5) is 102. The number of nitriles is 4. The first kappa shape index (κ1) is 93.9. The minimum Gasteiger partial charge on any atom is -0.481 e. The third-order valence-corrected chi connectivity index (χ3v) is 19.8. The number of carbonyl (C=O) groups excluding carboxylic acids is 5. The summed E-state index contributed by atoms with van der Waals surface area (Å²) in [5.41, 5.74) is -5.21. The Hall–Kier alpha value is -6.18. The molecule has 2 aliphatic rings. The maximum atomic E-state index is 13.4. The van der Waals surface area contributed by atoms with Crippen LogP contribution in [-0.4, -0.2) is 240 Å². The number of thioether (sulfide) groups is 4. The molecule has 14 N–H and O–H groups in total. The number of aliphatic carboxylic acids is 4. The lowest BCUT2D eigenvalue weighted by Crippen LogP contribution is -2.64. The fourth-order valence-corrected chi connectivity index (χ4v) is 12.8. The first-order valence-corrected chi connectivity index (χ1v) is 34.7. The van der Waals surface area contributed by atoms with Crippen LogP contribution in [-0.2, 0) is 57.3 Å². The number of ether oxygens (including phenoxy) is 4. The molecule has 33 nitrogen and oxygen atoms in total. The lowest BCUT2D eigenvalue weighted by atomic mass is 9.64. The van der Waals surface area contributed by atoms with E-state index in [4.69, 9.17) is 72.5 Å². The maximum Gasteiger partial charge on any atom is 0.303 e. The largest absolute Gasteiger partial charge is 0.481 e. The molecule has 2 heterocycles. The molecule has 38 heteroatoms. The Morgan fingerprint density at radius 2 is 0.980 bits per heavy atom. The SMILES string of the molecule is C=C(C)C(=O)NCCOC1OC(CO)C(O)C(O)C1NC(C)=O.CC(C#N)(CCC(=O)O)N=NC(C)(C#N)CCC(=O)O.CCCSC(=O)SCC(C)(C(=O)NCCOC1OC(CO)C(O)C(O)C1NC(C)=O)C(C)(C#N)CCC(=O)O.CCCSC(=S)SC(C)(C#N)CCC(=O)O. The molecule has 0 aromatic heterocycles. The molecular weight excluding hydrogens is 1390 g/mol. The van der Waals surface area contributed by atoms with Crippen molar-refractivity contribution in [1.29, 1.82) is 21.0 Å². The molecule has 15 unspecified atom stereocenters. The molecule has 4 amide bonds.